The molecule has 2 aromatic carbocycles. The number of fused-ring (bicyclic) bond motifs is 1. The minimum Gasteiger partial charge on any atom is -0.404 e. The Bertz CT molecular complexity index is 1800. The van der Waals surface area contributed by atoms with Gasteiger partial charge in [0, 0.05) is 24.7 Å². The second-order valence-electron chi connectivity index (χ2n) is 11.3. The van der Waals surface area contributed by atoms with Crippen LogP contribution in [0.1, 0.15) is 31.7 Å². The first-order valence-electron chi connectivity index (χ1n) is 14.5. The van der Waals surface area contributed by atoms with E-state index in [1.54, 1.807) is 0 Å². The number of halogens is 4. The molecule has 0 saturated carbocycles. The largest absolute Gasteiger partial charge is 0.573 e. The van der Waals surface area contributed by atoms with Crippen LogP contribution in [0.2, 0.25) is 0 Å². The minimum absolute atomic E-state index is 0.0352. The molecule has 2 saturated heterocycles. The zero-order chi connectivity index (χ0) is 31.9. The SMILES string of the molecule is CN1CCC(N2CCC(n3nc(-c4ccc(NS(=O)(=O)c5ccccc5OC(F)(F)F)c(F)c4)c4c(N)ncnc43)CC2)CC1. The van der Waals surface area contributed by atoms with Crippen LogP contribution in [0, 0.1) is 5.82 Å². The molecule has 16 heteroatoms. The number of ether oxygens (including phenoxy) is 1. The van der Waals surface area contributed by atoms with Gasteiger partial charge in [0.1, 0.15) is 34.3 Å². The van der Waals surface area contributed by atoms with E-state index < -0.39 is 38.5 Å². The average Bonchev–Trinajstić information content (AvgIpc) is 3.39. The molecule has 4 heterocycles. The molecular formula is C29H32F4N8O3S. The maximum absolute atomic E-state index is 15.4. The Kier molecular flexibility index (Phi) is 8.30. The molecule has 2 aliphatic heterocycles. The predicted molar refractivity (Wildman–Crippen MR) is 159 cm³/mol. The predicted octanol–water partition coefficient (Wildman–Crippen LogP) is 4.65. The topological polar surface area (TPSA) is 132 Å². The monoisotopic (exact) mass is 648 g/mol. The second-order valence-corrected chi connectivity index (χ2v) is 13.0. The third kappa shape index (κ3) is 6.53. The van der Waals surface area contributed by atoms with Gasteiger partial charge in [0.15, 0.2) is 5.65 Å². The molecule has 0 radical (unpaired) electrons. The number of nitrogen functional groups attached to an aromatic ring is 1. The molecule has 45 heavy (non-hydrogen) atoms. The number of para-hydroxylation sites is 1. The van der Waals surface area contributed by atoms with E-state index >= 15 is 4.39 Å². The number of rotatable bonds is 7. The summed E-state index contributed by atoms with van der Waals surface area (Å²) >= 11 is 0. The van der Waals surface area contributed by atoms with E-state index in [4.69, 9.17) is 10.8 Å². The number of piperidine rings is 2. The first-order valence-corrected chi connectivity index (χ1v) is 16.0. The van der Waals surface area contributed by atoms with Crippen molar-refractivity contribution >= 4 is 32.6 Å². The third-order valence-electron chi connectivity index (χ3n) is 8.42. The van der Waals surface area contributed by atoms with E-state index in [1.165, 1.54) is 30.6 Å². The Morgan fingerprint density at radius 2 is 1.67 bits per heavy atom. The number of alkyl halides is 3. The average molecular weight is 649 g/mol. The molecule has 4 aromatic rings. The van der Waals surface area contributed by atoms with E-state index in [0.717, 1.165) is 70.1 Å². The fourth-order valence-corrected chi connectivity index (χ4v) is 7.33. The fraction of sp³-hybridized carbons (Fsp3) is 0.414. The number of benzene rings is 2. The highest BCUT2D eigenvalue weighted by Crippen LogP contribution is 2.37. The Morgan fingerprint density at radius 1 is 0.978 bits per heavy atom. The van der Waals surface area contributed by atoms with Crippen molar-refractivity contribution in [1.82, 2.24) is 29.5 Å². The summed E-state index contributed by atoms with van der Waals surface area (Å²) in [5, 5.41) is 5.26. The molecule has 6 rings (SSSR count). The molecule has 11 nitrogen and oxygen atoms in total. The lowest BCUT2D eigenvalue weighted by Crippen LogP contribution is -2.47. The molecule has 0 aliphatic carbocycles. The number of likely N-dealkylation sites (tertiary alicyclic amines) is 2. The molecule has 0 bridgehead atoms. The number of anilines is 2. The van der Waals surface area contributed by atoms with E-state index in [2.05, 4.69) is 31.6 Å². The zero-order valence-electron chi connectivity index (χ0n) is 24.3. The Balaban J connectivity index is 1.26. The molecule has 0 unspecified atom stereocenters. The first kappa shape index (κ1) is 31.0. The van der Waals surface area contributed by atoms with E-state index in [1.807, 2.05) is 9.40 Å². The van der Waals surface area contributed by atoms with Crippen LogP contribution < -0.4 is 15.2 Å². The van der Waals surface area contributed by atoms with Gasteiger partial charge in [-0.2, -0.15) is 5.10 Å². The van der Waals surface area contributed by atoms with Crippen LogP contribution >= 0.6 is 0 Å². The third-order valence-corrected chi connectivity index (χ3v) is 9.82. The van der Waals surface area contributed by atoms with Crippen molar-refractivity contribution in [3.63, 3.8) is 0 Å². The van der Waals surface area contributed by atoms with Crippen LogP contribution in [0.4, 0.5) is 29.1 Å². The van der Waals surface area contributed by atoms with Gasteiger partial charge >= 0.3 is 6.36 Å². The maximum Gasteiger partial charge on any atom is 0.573 e. The van der Waals surface area contributed by atoms with Crippen LogP contribution in [0.15, 0.2) is 53.7 Å². The van der Waals surface area contributed by atoms with Gasteiger partial charge in [0.25, 0.3) is 10.0 Å². The fourth-order valence-electron chi connectivity index (χ4n) is 6.13. The summed E-state index contributed by atoms with van der Waals surface area (Å²) in [6, 6.07) is 8.49. The zero-order valence-corrected chi connectivity index (χ0v) is 25.2. The Hall–Kier alpha value is -4.02. The van der Waals surface area contributed by atoms with Crippen LogP contribution in [0.25, 0.3) is 22.3 Å². The van der Waals surface area contributed by atoms with Crippen molar-refractivity contribution in [2.75, 3.05) is 43.7 Å². The molecule has 0 atom stereocenters. The van der Waals surface area contributed by atoms with Crippen LogP contribution in [0.3, 0.4) is 0 Å². The molecule has 240 valence electrons. The van der Waals surface area contributed by atoms with Gasteiger partial charge in [-0.1, -0.05) is 18.2 Å². The van der Waals surface area contributed by atoms with Gasteiger partial charge in [-0.05, 0) is 70.1 Å². The summed E-state index contributed by atoms with van der Waals surface area (Å²) in [6.07, 6.45) is 0.213. The number of nitrogens with two attached hydrogens (primary N) is 1. The number of hydrogen-bond acceptors (Lipinski definition) is 9. The molecule has 0 spiro atoms. The smallest absolute Gasteiger partial charge is 0.404 e. The van der Waals surface area contributed by atoms with E-state index in [-0.39, 0.29) is 11.9 Å². The number of aromatic nitrogens is 4. The summed E-state index contributed by atoms with van der Waals surface area (Å²) in [7, 11) is -2.52. The summed E-state index contributed by atoms with van der Waals surface area (Å²) in [5.41, 5.74) is 6.91. The molecule has 3 N–H and O–H groups in total. The standard InChI is InChI=1S/C29H32F4N8O3S/c1-39-12-8-19(9-13-39)40-14-10-20(11-15-40)41-28-25(27(34)35-17-36-28)26(37-41)18-6-7-22(21(30)16-18)38-45(42,43)24-5-3-2-4-23(24)44-29(31,32)33/h2-7,16-17,19-20,38H,8-15H2,1H3,(H2,34,35,36). The molecule has 2 aliphatic rings. The molecule has 0 amide bonds. The number of nitrogens with zero attached hydrogens (tertiary/aromatic N) is 6. The van der Waals surface area contributed by atoms with Gasteiger partial charge in [-0.15, -0.1) is 13.2 Å². The Morgan fingerprint density at radius 3 is 2.36 bits per heavy atom. The highest BCUT2D eigenvalue weighted by molar-refractivity contribution is 7.92. The van der Waals surface area contributed by atoms with Gasteiger partial charge in [-0.25, -0.2) is 27.5 Å². The summed E-state index contributed by atoms with van der Waals surface area (Å²) in [6.45, 7) is 4.00. The number of nitrogens with one attached hydrogen (secondary N) is 1. The maximum atomic E-state index is 15.4. The van der Waals surface area contributed by atoms with E-state index in [9.17, 15) is 21.6 Å². The van der Waals surface area contributed by atoms with Gasteiger partial charge < -0.3 is 20.3 Å². The lowest BCUT2D eigenvalue weighted by Gasteiger charge is -2.41. The highest BCUT2D eigenvalue weighted by Gasteiger charge is 2.34. The van der Waals surface area contributed by atoms with Gasteiger partial charge in [0.05, 0.1) is 17.1 Å². The molecule has 2 fully saturated rings. The number of sulfonamides is 1. The van der Waals surface area contributed by atoms with Crippen molar-refractivity contribution in [3.05, 3.63) is 54.6 Å². The van der Waals surface area contributed by atoms with Crippen molar-refractivity contribution in [2.24, 2.45) is 0 Å². The summed E-state index contributed by atoms with van der Waals surface area (Å²) in [4.78, 5) is 12.6. The number of hydrogen-bond donors (Lipinski definition) is 2. The lowest BCUT2D eigenvalue weighted by atomic mass is 9.98. The van der Waals surface area contributed by atoms with Crippen molar-refractivity contribution in [2.45, 2.75) is 49.0 Å². The lowest BCUT2D eigenvalue weighted by molar-refractivity contribution is -0.275. The minimum atomic E-state index is -5.13. The quantitative estimate of drug-likeness (QED) is 0.275. The Labute approximate surface area is 257 Å². The summed E-state index contributed by atoms with van der Waals surface area (Å²) in [5.74, 6) is -1.76. The van der Waals surface area contributed by atoms with Crippen LogP contribution in [-0.4, -0.2) is 83.6 Å². The van der Waals surface area contributed by atoms with Crippen molar-refractivity contribution in [1.29, 1.82) is 0 Å². The first-order chi connectivity index (χ1) is 21.4. The molecule has 2 aromatic heterocycles. The summed E-state index contributed by atoms with van der Waals surface area (Å²) < 4.78 is 87.6. The molecular weight excluding hydrogens is 616 g/mol. The highest BCUT2D eigenvalue weighted by atomic mass is 32.2. The van der Waals surface area contributed by atoms with Crippen LogP contribution in [0.5, 0.6) is 5.75 Å². The van der Waals surface area contributed by atoms with Crippen molar-refractivity contribution in [3.8, 4) is 17.0 Å². The second kappa shape index (κ2) is 12.1. The van der Waals surface area contributed by atoms with Gasteiger partial charge in [0.2, 0.25) is 0 Å². The van der Waals surface area contributed by atoms with E-state index in [0.29, 0.717) is 28.3 Å². The normalized spacial score (nSPS) is 18.0. The van der Waals surface area contributed by atoms with Crippen LogP contribution in [-0.2, 0) is 10.0 Å². The van der Waals surface area contributed by atoms with Gasteiger partial charge in [-0.3, -0.25) is 4.72 Å². The van der Waals surface area contributed by atoms with Crippen molar-refractivity contribution < 1.29 is 30.7 Å².